The summed E-state index contributed by atoms with van der Waals surface area (Å²) in [4.78, 5) is 10.7. The molecule has 0 bridgehead atoms. The molecular weight excluding hydrogens is 362 g/mol. The fourth-order valence-corrected chi connectivity index (χ4v) is 3.06. The van der Waals surface area contributed by atoms with Gasteiger partial charge in [0.15, 0.2) is 5.54 Å². The van der Waals surface area contributed by atoms with Gasteiger partial charge >= 0.3 is 5.97 Å². The Hall–Kier alpha value is -1.32. The average molecular weight is 383 g/mol. The molecule has 1 rings (SSSR count). The Morgan fingerprint density at radius 3 is 2.28 bits per heavy atom. The second-order valence-electron chi connectivity index (χ2n) is 6.60. The minimum atomic E-state index is -4.01. The highest BCUT2D eigenvalue weighted by atomic mass is 32.2. The van der Waals surface area contributed by atoms with Crippen molar-refractivity contribution in [2.75, 3.05) is 6.67 Å². The first kappa shape index (κ1) is 21.7. The Morgan fingerprint density at radius 2 is 1.84 bits per heavy atom. The maximum Gasteiger partial charge on any atom is 0.303 e. The van der Waals surface area contributed by atoms with E-state index in [1.807, 2.05) is 0 Å². The van der Waals surface area contributed by atoms with E-state index in [0.29, 0.717) is 0 Å². The van der Waals surface area contributed by atoms with Crippen molar-refractivity contribution in [3.05, 3.63) is 35.6 Å². The lowest BCUT2D eigenvalue weighted by Gasteiger charge is -2.40. The van der Waals surface area contributed by atoms with Crippen LogP contribution in [0.2, 0.25) is 0 Å². The average Bonchev–Trinajstić information content (AvgIpc) is 2.50. The molecule has 4 nitrogen and oxygen atoms in total. The lowest BCUT2D eigenvalue weighted by Crippen LogP contribution is -2.62. The first-order valence-electron chi connectivity index (χ1n) is 7.47. The number of hydrogen-bond acceptors (Lipinski definition) is 3. The van der Waals surface area contributed by atoms with Crippen LogP contribution in [0.25, 0.3) is 0 Å². The number of alkyl halides is 3. The fourth-order valence-electron chi connectivity index (χ4n) is 2.12. The van der Waals surface area contributed by atoms with E-state index in [0.717, 1.165) is 12.1 Å². The van der Waals surface area contributed by atoms with E-state index < -0.39 is 64.4 Å². The number of nitrogens with one attached hydrogen (secondary N) is 1. The quantitative estimate of drug-likeness (QED) is 0.532. The standard InChI is InChI=1S/C16H21F4NO3S/c1-14(2,3)25(24)21-15(10-17,11-6-4-5-7-12(11)18)16(19,20)9-8-13(22)23/h4-7,21H,8-10H2,1-3H3,(H,22,23)/t15-,25-/m1/s1. The van der Waals surface area contributed by atoms with E-state index in [2.05, 4.69) is 4.72 Å². The number of aliphatic carboxylic acids is 1. The van der Waals surface area contributed by atoms with Crippen molar-refractivity contribution in [3.8, 4) is 0 Å². The van der Waals surface area contributed by atoms with Gasteiger partial charge < -0.3 is 9.66 Å². The Bertz CT molecular complexity index is 609. The summed E-state index contributed by atoms with van der Waals surface area (Å²) >= 11 is -2.16. The Morgan fingerprint density at radius 1 is 1.28 bits per heavy atom. The molecule has 0 amide bonds. The number of benzene rings is 1. The monoisotopic (exact) mass is 383 g/mol. The van der Waals surface area contributed by atoms with Crippen LogP contribution >= 0.6 is 0 Å². The molecule has 0 aromatic heterocycles. The van der Waals surface area contributed by atoms with Crippen LogP contribution in [0.1, 0.15) is 39.2 Å². The van der Waals surface area contributed by atoms with E-state index in [4.69, 9.17) is 5.11 Å². The number of halogens is 4. The molecule has 0 saturated carbocycles. The summed E-state index contributed by atoms with van der Waals surface area (Å²) in [5, 5.41) is 8.67. The first-order chi connectivity index (χ1) is 11.4. The fraction of sp³-hybridized carbons (Fsp3) is 0.562. The summed E-state index contributed by atoms with van der Waals surface area (Å²) in [6, 6.07) is 4.35. The molecular formula is C16H21F4NO3S. The molecule has 0 spiro atoms. The van der Waals surface area contributed by atoms with Crippen molar-refractivity contribution >= 4 is 17.3 Å². The van der Waals surface area contributed by atoms with E-state index >= 15 is 0 Å². The van der Waals surface area contributed by atoms with Gasteiger partial charge in [-0.2, -0.15) is 0 Å². The molecule has 0 heterocycles. The highest BCUT2D eigenvalue weighted by Gasteiger charge is 2.59. The zero-order chi connectivity index (χ0) is 19.5. The Balaban J connectivity index is 3.48. The second-order valence-corrected chi connectivity index (χ2v) is 8.57. The van der Waals surface area contributed by atoms with Gasteiger partial charge in [0.2, 0.25) is 0 Å². The van der Waals surface area contributed by atoms with Crippen LogP contribution < -0.4 is 4.72 Å². The number of rotatable bonds is 8. The summed E-state index contributed by atoms with van der Waals surface area (Å²) in [7, 11) is 0. The molecule has 0 aliphatic heterocycles. The van der Waals surface area contributed by atoms with Crippen molar-refractivity contribution in [2.24, 2.45) is 0 Å². The molecule has 1 aromatic carbocycles. The predicted octanol–water partition coefficient (Wildman–Crippen LogP) is 3.54. The minimum absolute atomic E-state index is 0.703. The molecule has 1 aromatic rings. The van der Waals surface area contributed by atoms with Gasteiger partial charge in [-0.25, -0.2) is 17.6 Å². The zero-order valence-electron chi connectivity index (χ0n) is 14.1. The van der Waals surface area contributed by atoms with E-state index in [1.54, 1.807) is 0 Å². The number of carbonyl (C=O) groups is 1. The van der Waals surface area contributed by atoms with Crippen molar-refractivity contribution < 1.29 is 32.0 Å². The van der Waals surface area contributed by atoms with Crippen molar-refractivity contribution in [2.45, 2.75) is 49.8 Å². The van der Waals surface area contributed by atoms with Crippen LogP contribution in [0.15, 0.2) is 24.3 Å². The smallest absolute Gasteiger partial charge is 0.303 e. The molecule has 2 atom stereocenters. The first-order valence-corrected chi connectivity index (χ1v) is 8.62. The molecule has 25 heavy (non-hydrogen) atoms. The third kappa shape index (κ3) is 4.86. The maximum atomic E-state index is 14.9. The summed E-state index contributed by atoms with van der Waals surface area (Å²) in [5.74, 6) is -6.62. The van der Waals surface area contributed by atoms with Gasteiger partial charge in [-0.3, -0.25) is 4.79 Å². The third-order valence-corrected chi connectivity index (χ3v) is 5.28. The predicted molar refractivity (Wildman–Crippen MR) is 86.9 cm³/mol. The van der Waals surface area contributed by atoms with Crippen molar-refractivity contribution in [1.82, 2.24) is 4.72 Å². The molecule has 2 N–H and O–H groups in total. The van der Waals surface area contributed by atoms with Gasteiger partial charge in [0.25, 0.3) is 5.92 Å². The topological polar surface area (TPSA) is 72.4 Å². The zero-order valence-corrected chi connectivity index (χ0v) is 14.9. The van der Waals surface area contributed by atoms with Crippen LogP contribution in [0.3, 0.4) is 0 Å². The molecule has 9 heteroatoms. The molecule has 0 fully saturated rings. The number of carboxylic acids is 1. The van der Waals surface area contributed by atoms with Crippen LogP contribution in [-0.4, -0.2) is 33.0 Å². The lowest BCUT2D eigenvalue weighted by molar-refractivity contribution is -0.143. The van der Waals surface area contributed by atoms with Crippen LogP contribution in [-0.2, 0) is 21.7 Å². The molecule has 0 aliphatic carbocycles. The number of carboxylic acid groups (broad SMARTS) is 1. The molecule has 0 unspecified atom stereocenters. The van der Waals surface area contributed by atoms with Gasteiger partial charge in [-0.05, 0) is 26.8 Å². The second kappa shape index (κ2) is 7.92. The molecule has 0 radical (unpaired) electrons. The van der Waals surface area contributed by atoms with Gasteiger partial charge in [-0.1, -0.05) is 18.2 Å². The molecule has 142 valence electrons. The van der Waals surface area contributed by atoms with Gasteiger partial charge in [0.05, 0.1) is 6.42 Å². The highest BCUT2D eigenvalue weighted by Crippen LogP contribution is 2.43. The van der Waals surface area contributed by atoms with Crippen molar-refractivity contribution in [1.29, 1.82) is 0 Å². The van der Waals surface area contributed by atoms with Crippen molar-refractivity contribution in [3.63, 3.8) is 0 Å². The lowest BCUT2D eigenvalue weighted by atomic mass is 9.83. The van der Waals surface area contributed by atoms with Crippen LogP contribution in [0.4, 0.5) is 17.6 Å². The number of hydrogen-bond donors (Lipinski definition) is 2. The Labute approximate surface area is 146 Å². The minimum Gasteiger partial charge on any atom is -0.598 e. The summed E-state index contributed by atoms with van der Waals surface area (Å²) < 4.78 is 71.2. The molecule has 0 aliphatic rings. The van der Waals surface area contributed by atoms with Gasteiger partial charge in [-0.15, -0.1) is 4.72 Å². The summed E-state index contributed by atoms with van der Waals surface area (Å²) in [6.07, 6.45) is -2.19. The summed E-state index contributed by atoms with van der Waals surface area (Å²) in [6.45, 7) is 2.67. The Kier molecular flexibility index (Phi) is 6.88. The highest BCUT2D eigenvalue weighted by molar-refractivity contribution is 7.90. The van der Waals surface area contributed by atoms with E-state index in [9.17, 15) is 26.9 Å². The SMILES string of the molecule is CC(C)(C)[S@@+]([O-])N[C@](CF)(c1ccccc1F)C(F)(F)CCC(=O)O. The van der Waals surface area contributed by atoms with Gasteiger partial charge in [0, 0.05) is 23.3 Å². The largest absolute Gasteiger partial charge is 0.598 e. The van der Waals surface area contributed by atoms with E-state index in [1.165, 1.54) is 32.9 Å². The maximum absolute atomic E-state index is 14.9. The van der Waals surface area contributed by atoms with Crippen LogP contribution in [0, 0.1) is 5.82 Å². The van der Waals surface area contributed by atoms with Gasteiger partial charge in [0.1, 0.15) is 17.2 Å². The third-order valence-electron chi connectivity index (χ3n) is 3.63. The normalized spacial score (nSPS) is 16.3. The van der Waals surface area contributed by atoms with Crippen LogP contribution in [0.5, 0.6) is 0 Å². The van der Waals surface area contributed by atoms with E-state index in [-0.39, 0.29) is 0 Å². The molecule has 0 saturated heterocycles. The summed E-state index contributed by atoms with van der Waals surface area (Å²) in [5.41, 5.74) is -3.66.